The fourth-order valence-electron chi connectivity index (χ4n) is 1.61. The summed E-state index contributed by atoms with van der Waals surface area (Å²) in [5.41, 5.74) is 1.25. The summed E-state index contributed by atoms with van der Waals surface area (Å²) in [4.78, 5) is 2.21. The third-order valence-corrected chi connectivity index (χ3v) is 3.12. The van der Waals surface area contributed by atoms with Crippen molar-refractivity contribution in [1.82, 2.24) is 10.2 Å². The van der Waals surface area contributed by atoms with E-state index < -0.39 is 0 Å². The van der Waals surface area contributed by atoms with E-state index in [-0.39, 0.29) is 0 Å². The summed E-state index contributed by atoms with van der Waals surface area (Å²) in [6.45, 7) is 5.39. The Balaban J connectivity index is 2.34. The number of rotatable bonds is 6. The van der Waals surface area contributed by atoms with Crippen LogP contribution >= 0.6 is 0 Å². The predicted molar refractivity (Wildman–Crippen MR) is 72.4 cm³/mol. The number of phenols is 1. The quantitative estimate of drug-likeness (QED) is 0.791. The van der Waals surface area contributed by atoms with Gasteiger partial charge in [-0.05, 0) is 52.1 Å². The number of benzene rings is 1. The minimum Gasteiger partial charge on any atom is -0.508 e. The van der Waals surface area contributed by atoms with Gasteiger partial charge in [-0.2, -0.15) is 0 Å². The SMILES string of the molecule is CC(Cc1ccc(O)cc1)NCC(C)N(C)C. The van der Waals surface area contributed by atoms with E-state index in [1.165, 1.54) is 5.56 Å². The number of likely N-dealkylation sites (N-methyl/N-ethyl adjacent to an activating group) is 1. The van der Waals surface area contributed by atoms with Crippen LogP contribution in [0.3, 0.4) is 0 Å². The van der Waals surface area contributed by atoms with Crippen molar-refractivity contribution in [3.63, 3.8) is 0 Å². The third kappa shape index (κ3) is 5.20. The van der Waals surface area contributed by atoms with E-state index in [4.69, 9.17) is 0 Å². The molecule has 0 heterocycles. The van der Waals surface area contributed by atoms with E-state index in [0.717, 1.165) is 13.0 Å². The zero-order valence-corrected chi connectivity index (χ0v) is 11.3. The van der Waals surface area contributed by atoms with Gasteiger partial charge in [0.2, 0.25) is 0 Å². The summed E-state index contributed by atoms with van der Waals surface area (Å²) < 4.78 is 0. The lowest BCUT2D eigenvalue weighted by Crippen LogP contribution is -2.39. The molecule has 17 heavy (non-hydrogen) atoms. The zero-order valence-electron chi connectivity index (χ0n) is 11.3. The minimum absolute atomic E-state index is 0.329. The Hall–Kier alpha value is -1.06. The molecule has 0 aliphatic carbocycles. The molecule has 0 amide bonds. The molecule has 3 heteroatoms. The number of nitrogens with one attached hydrogen (secondary N) is 1. The van der Waals surface area contributed by atoms with Gasteiger partial charge >= 0.3 is 0 Å². The molecule has 0 saturated carbocycles. The van der Waals surface area contributed by atoms with Gasteiger partial charge < -0.3 is 15.3 Å². The van der Waals surface area contributed by atoms with Gasteiger partial charge in [0.25, 0.3) is 0 Å². The maximum atomic E-state index is 9.21. The van der Waals surface area contributed by atoms with Gasteiger partial charge in [0.15, 0.2) is 0 Å². The standard InChI is InChI=1S/C14H24N2O/c1-11(15-10-12(2)16(3)4)9-13-5-7-14(17)8-6-13/h5-8,11-12,15,17H,9-10H2,1-4H3. The lowest BCUT2D eigenvalue weighted by molar-refractivity contribution is 0.295. The Morgan fingerprint density at radius 2 is 1.76 bits per heavy atom. The molecule has 3 nitrogen and oxygen atoms in total. The summed E-state index contributed by atoms with van der Waals surface area (Å²) in [5, 5.41) is 12.7. The van der Waals surface area contributed by atoms with Gasteiger partial charge in [-0.1, -0.05) is 12.1 Å². The molecule has 0 spiro atoms. The van der Waals surface area contributed by atoms with E-state index in [1.807, 2.05) is 12.1 Å². The highest BCUT2D eigenvalue weighted by Gasteiger charge is 2.07. The number of hydrogen-bond acceptors (Lipinski definition) is 3. The number of nitrogens with zero attached hydrogens (tertiary/aromatic N) is 1. The molecule has 0 saturated heterocycles. The third-order valence-electron chi connectivity index (χ3n) is 3.12. The number of phenolic OH excluding ortho intramolecular Hbond substituents is 1. The summed E-state index contributed by atoms with van der Waals surface area (Å²) in [6.07, 6.45) is 0.987. The van der Waals surface area contributed by atoms with Gasteiger partial charge in [-0.25, -0.2) is 0 Å². The Labute approximate surface area is 104 Å². The molecule has 0 fully saturated rings. The molecule has 1 aromatic carbocycles. The number of hydrogen-bond donors (Lipinski definition) is 2. The van der Waals surface area contributed by atoms with E-state index in [0.29, 0.717) is 17.8 Å². The first-order chi connectivity index (χ1) is 7.99. The molecule has 0 aliphatic rings. The van der Waals surface area contributed by atoms with Crippen LogP contribution < -0.4 is 5.32 Å². The van der Waals surface area contributed by atoms with Crippen molar-refractivity contribution in [2.24, 2.45) is 0 Å². The summed E-state index contributed by atoms with van der Waals surface area (Å²) >= 11 is 0. The topological polar surface area (TPSA) is 35.5 Å². The molecular weight excluding hydrogens is 212 g/mol. The van der Waals surface area contributed by atoms with Crippen LogP contribution in [0.15, 0.2) is 24.3 Å². The van der Waals surface area contributed by atoms with Crippen LogP contribution in [0.5, 0.6) is 5.75 Å². The van der Waals surface area contributed by atoms with Gasteiger partial charge in [0, 0.05) is 18.6 Å². The van der Waals surface area contributed by atoms with Crippen LogP contribution in [0.1, 0.15) is 19.4 Å². The van der Waals surface area contributed by atoms with Gasteiger partial charge in [0.05, 0.1) is 0 Å². The average Bonchev–Trinajstić information content (AvgIpc) is 2.29. The van der Waals surface area contributed by atoms with Crippen LogP contribution in [-0.2, 0) is 6.42 Å². The lowest BCUT2D eigenvalue weighted by atomic mass is 10.1. The normalized spacial score (nSPS) is 14.9. The largest absolute Gasteiger partial charge is 0.508 e. The van der Waals surface area contributed by atoms with Crippen LogP contribution in [0.4, 0.5) is 0 Å². The summed E-state index contributed by atoms with van der Waals surface area (Å²) in [5.74, 6) is 0.329. The Morgan fingerprint density at radius 3 is 2.29 bits per heavy atom. The highest BCUT2D eigenvalue weighted by atomic mass is 16.3. The maximum Gasteiger partial charge on any atom is 0.115 e. The average molecular weight is 236 g/mol. The zero-order chi connectivity index (χ0) is 12.8. The molecule has 2 N–H and O–H groups in total. The first-order valence-corrected chi connectivity index (χ1v) is 6.16. The molecule has 0 radical (unpaired) electrons. The summed E-state index contributed by atoms with van der Waals surface area (Å²) in [7, 11) is 4.19. The van der Waals surface area contributed by atoms with Gasteiger partial charge in [-0.3, -0.25) is 0 Å². The maximum absolute atomic E-state index is 9.21. The van der Waals surface area contributed by atoms with Crippen molar-refractivity contribution in [3.05, 3.63) is 29.8 Å². The second-order valence-electron chi connectivity index (χ2n) is 4.99. The fourth-order valence-corrected chi connectivity index (χ4v) is 1.61. The smallest absolute Gasteiger partial charge is 0.115 e. The molecule has 2 atom stereocenters. The predicted octanol–water partition coefficient (Wildman–Crippen LogP) is 1.86. The molecule has 0 aromatic heterocycles. The van der Waals surface area contributed by atoms with Crippen molar-refractivity contribution in [2.45, 2.75) is 32.4 Å². The molecular formula is C14H24N2O. The monoisotopic (exact) mass is 236 g/mol. The first-order valence-electron chi connectivity index (χ1n) is 6.16. The molecule has 1 rings (SSSR count). The fraction of sp³-hybridized carbons (Fsp3) is 0.571. The molecule has 0 aliphatic heterocycles. The first kappa shape index (κ1) is 14.0. The molecule has 96 valence electrons. The van der Waals surface area contributed by atoms with Crippen LogP contribution in [0.2, 0.25) is 0 Å². The van der Waals surface area contributed by atoms with E-state index in [9.17, 15) is 5.11 Å². The highest BCUT2D eigenvalue weighted by molar-refractivity contribution is 5.26. The van der Waals surface area contributed by atoms with Gasteiger partial charge in [-0.15, -0.1) is 0 Å². The molecule has 1 aromatic rings. The van der Waals surface area contributed by atoms with Crippen molar-refractivity contribution < 1.29 is 5.11 Å². The van der Waals surface area contributed by atoms with E-state index in [2.05, 4.69) is 38.2 Å². The second-order valence-corrected chi connectivity index (χ2v) is 4.99. The van der Waals surface area contributed by atoms with Crippen LogP contribution in [0, 0.1) is 0 Å². The molecule has 0 bridgehead atoms. The van der Waals surface area contributed by atoms with Crippen molar-refractivity contribution in [1.29, 1.82) is 0 Å². The Morgan fingerprint density at radius 1 is 1.18 bits per heavy atom. The van der Waals surface area contributed by atoms with Gasteiger partial charge in [0.1, 0.15) is 5.75 Å². The Kier molecular flexibility index (Phi) is 5.45. The van der Waals surface area contributed by atoms with Crippen LogP contribution in [-0.4, -0.2) is 42.7 Å². The van der Waals surface area contributed by atoms with Crippen molar-refractivity contribution in [3.8, 4) is 5.75 Å². The van der Waals surface area contributed by atoms with Crippen molar-refractivity contribution >= 4 is 0 Å². The molecule has 2 unspecified atom stereocenters. The summed E-state index contributed by atoms with van der Waals surface area (Å²) in [6, 6.07) is 8.42. The second kappa shape index (κ2) is 6.62. The highest BCUT2D eigenvalue weighted by Crippen LogP contribution is 2.11. The van der Waals surface area contributed by atoms with Crippen LogP contribution in [0.25, 0.3) is 0 Å². The van der Waals surface area contributed by atoms with E-state index >= 15 is 0 Å². The lowest BCUT2D eigenvalue weighted by Gasteiger charge is -2.22. The Bertz CT molecular complexity index is 321. The van der Waals surface area contributed by atoms with Crippen molar-refractivity contribution in [2.75, 3.05) is 20.6 Å². The van der Waals surface area contributed by atoms with E-state index in [1.54, 1.807) is 12.1 Å². The number of aromatic hydroxyl groups is 1. The minimum atomic E-state index is 0.329.